The van der Waals surface area contributed by atoms with Crippen LogP contribution in [0.15, 0.2) is 12.4 Å². The van der Waals surface area contributed by atoms with Gasteiger partial charge in [0, 0.05) is 11.8 Å². The molecule has 0 fully saturated rings. The van der Waals surface area contributed by atoms with Crippen molar-refractivity contribution in [3.05, 3.63) is 18.1 Å². The minimum Gasteiger partial charge on any atom is -0.464 e. The van der Waals surface area contributed by atoms with Crippen LogP contribution in [-0.4, -0.2) is 28.6 Å². The van der Waals surface area contributed by atoms with Crippen molar-refractivity contribution in [2.75, 3.05) is 11.9 Å². The molecule has 1 aromatic rings. The topological polar surface area (TPSA) is 64.1 Å². The molecule has 1 unspecified atom stereocenters. The number of rotatable bonds is 6. The molecule has 0 amide bonds. The first-order valence-corrected chi connectivity index (χ1v) is 5.91. The molecule has 5 heteroatoms. The predicted octanol–water partition coefficient (Wildman–Crippen LogP) is 1.79. The first-order valence-electron chi connectivity index (χ1n) is 5.91. The summed E-state index contributed by atoms with van der Waals surface area (Å²) in [5.41, 5.74) is 0.973. The van der Waals surface area contributed by atoms with Crippen LogP contribution in [0.2, 0.25) is 0 Å². The van der Waals surface area contributed by atoms with Gasteiger partial charge in [-0.3, -0.25) is 0 Å². The number of ether oxygens (including phenoxy) is 1. The highest BCUT2D eigenvalue weighted by molar-refractivity contribution is 5.78. The molecule has 0 aliphatic rings. The minimum atomic E-state index is -0.403. The van der Waals surface area contributed by atoms with Crippen LogP contribution in [0.1, 0.15) is 32.9 Å². The Bertz CT molecular complexity index is 369. The molecule has 17 heavy (non-hydrogen) atoms. The van der Waals surface area contributed by atoms with Crippen molar-refractivity contribution in [3.63, 3.8) is 0 Å². The van der Waals surface area contributed by atoms with Crippen LogP contribution in [-0.2, 0) is 16.0 Å². The first-order chi connectivity index (χ1) is 8.17. The molecule has 1 atom stereocenters. The van der Waals surface area contributed by atoms with Gasteiger partial charge in [-0.25, -0.2) is 14.8 Å². The van der Waals surface area contributed by atoms with Crippen LogP contribution in [0.3, 0.4) is 0 Å². The number of aryl methyl sites for hydroxylation is 1. The molecule has 1 heterocycles. The zero-order valence-electron chi connectivity index (χ0n) is 10.6. The molecule has 94 valence electrons. The molecule has 0 aromatic carbocycles. The number of anilines is 1. The normalized spacial score (nSPS) is 11.9. The Morgan fingerprint density at radius 1 is 1.47 bits per heavy atom. The average molecular weight is 237 g/mol. The number of nitrogens with zero attached hydrogens (tertiary/aromatic N) is 2. The summed E-state index contributed by atoms with van der Waals surface area (Å²) in [5, 5.41) is 3.00. The van der Waals surface area contributed by atoms with Gasteiger partial charge in [0.2, 0.25) is 0 Å². The summed E-state index contributed by atoms with van der Waals surface area (Å²) in [6.45, 7) is 6.01. The second-order valence-electron chi connectivity index (χ2n) is 3.76. The molecule has 1 rings (SSSR count). The third kappa shape index (κ3) is 4.38. The number of hydrogen-bond donors (Lipinski definition) is 1. The lowest BCUT2D eigenvalue weighted by molar-refractivity contribution is -0.143. The smallest absolute Gasteiger partial charge is 0.328 e. The summed E-state index contributed by atoms with van der Waals surface area (Å²) in [6.07, 6.45) is 3.44. The van der Waals surface area contributed by atoms with Crippen molar-refractivity contribution >= 4 is 11.8 Å². The Kier molecular flexibility index (Phi) is 5.39. The van der Waals surface area contributed by atoms with Crippen LogP contribution in [0.4, 0.5) is 5.82 Å². The fourth-order valence-corrected chi connectivity index (χ4v) is 1.42. The van der Waals surface area contributed by atoms with Crippen molar-refractivity contribution < 1.29 is 9.53 Å². The van der Waals surface area contributed by atoms with Gasteiger partial charge < -0.3 is 10.1 Å². The lowest BCUT2D eigenvalue weighted by Gasteiger charge is -2.13. The maximum atomic E-state index is 11.4. The Morgan fingerprint density at radius 2 is 2.24 bits per heavy atom. The molecule has 0 bridgehead atoms. The maximum absolute atomic E-state index is 11.4. The van der Waals surface area contributed by atoms with Crippen LogP contribution in [0, 0.1) is 0 Å². The summed E-state index contributed by atoms with van der Waals surface area (Å²) < 4.78 is 4.91. The summed E-state index contributed by atoms with van der Waals surface area (Å²) in [5.74, 6) is 0.382. The van der Waals surface area contributed by atoms with Crippen LogP contribution in [0.25, 0.3) is 0 Å². The predicted molar refractivity (Wildman–Crippen MR) is 65.7 cm³/mol. The quantitative estimate of drug-likeness (QED) is 0.764. The van der Waals surface area contributed by atoms with Gasteiger partial charge in [0.25, 0.3) is 0 Å². The van der Waals surface area contributed by atoms with Gasteiger partial charge in [-0.1, -0.05) is 13.3 Å². The summed E-state index contributed by atoms with van der Waals surface area (Å²) in [6, 6.07) is 1.46. The number of hydrogen-bond acceptors (Lipinski definition) is 5. The van der Waals surface area contributed by atoms with E-state index in [1.807, 2.05) is 6.07 Å². The molecule has 0 aliphatic heterocycles. The van der Waals surface area contributed by atoms with Crippen molar-refractivity contribution in [1.29, 1.82) is 0 Å². The second kappa shape index (κ2) is 6.83. The molecule has 0 spiro atoms. The SMILES string of the molecule is CCCc1cc(NC(C)C(=O)OCC)ncn1. The minimum absolute atomic E-state index is 0.275. The van der Waals surface area contributed by atoms with Crippen molar-refractivity contribution in [1.82, 2.24) is 9.97 Å². The first kappa shape index (κ1) is 13.4. The lowest BCUT2D eigenvalue weighted by Crippen LogP contribution is -2.28. The van der Waals surface area contributed by atoms with Crippen molar-refractivity contribution in [3.8, 4) is 0 Å². The van der Waals surface area contributed by atoms with E-state index >= 15 is 0 Å². The molecule has 0 saturated heterocycles. The molecule has 0 aliphatic carbocycles. The second-order valence-corrected chi connectivity index (χ2v) is 3.76. The van der Waals surface area contributed by atoms with Gasteiger partial charge in [0.05, 0.1) is 6.61 Å². The van der Waals surface area contributed by atoms with E-state index in [1.165, 1.54) is 6.33 Å². The van der Waals surface area contributed by atoms with E-state index in [-0.39, 0.29) is 5.97 Å². The van der Waals surface area contributed by atoms with E-state index < -0.39 is 6.04 Å². The highest BCUT2D eigenvalue weighted by Gasteiger charge is 2.13. The molecule has 0 saturated carbocycles. The lowest BCUT2D eigenvalue weighted by atomic mass is 10.2. The van der Waals surface area contributed by atoms with Gasteiger partial charge in [0.15, 0.2) is 0 Å². The largest absolute Gasteiger partial charge is 0.464 e. The number of esters is 1. The number of carbonyl (C=O) groups excluding carboxylic acids is 1. The van der Waals surface area contributed by atoms with E-state index in [9.17, 15) is 4.79 Å². The Labute approximate surface area is 102 Å². The Balaban J connectivity index is 2.61. The van der Waals surface area contributed by atoms with Gasteiger partial charge in [-0.2, -0.15) is 0 Å². The average Bonchev–Trinajstić information content (AvgIpc) is 2.30. The number of nitrogens with one attached hydrogen (secondary N) is 1. The fraction of sp³-hybridized carbons (Fsp3) is 0.583. The van der Waals surface area contributed by atoms with Crippen molar-refractivity contribution in [2.24, 2.45) is 0 Å². The zero-order chi connectivity index (χ0) is 12.7. The highest BCUT2D eigenvalue weighted by atomic mass is 16.5. The van der Waals surface area contributed by atoms with Crippen LogP contribution in [0.5, 0.6) is 0 Å². The van der Waals surface area contributed by atoms with E-state index in [0.717, 1.165) is 18.5 Å². The summed E-state index contributed by atoms with van der Waals surface area (Å²) in [4.78, 5) is 19.7. The van der Waals surface area contributed by atoms with Gasteiger partial charge in [-0.15, -0.1) is 0 Å². The van der Waals surface area contributed by atoms with Crippen LogP contribution < -0.4 is 5.32 Å². The monoisotopic (exact) mass is 237 g/mol. The molecule has 1 N–H and O–H groups in total. The van der Waals surface area contributed by atoms with Crippen molar-refractivity contribution in [2.45, 2.75) is 39.7 Å². The molecule has 1 aromatic heterocycles. The third-order valence-electron chi connectivity index (χ3n) is 2.23. The van der Waals surface area contributed by atoms with Gasteiger partial charge >= 0.3 is 5.97 Å². The standard InChI is InChI=1S/C12H19N3O2/c1-4-6-10-7-11(14-8-13-10)15-9(3)12(16)17-5-2/h7-9H,4-6H2,1-3H3,(H,13,14,15). The van der Waals surface area contributed by atoms with E-state index in [0.29, 0.717) is 12.4 Å². The van der Waals surface area contributed by atoms with Crippen LogP contribution >= 0.6 is 0 Å². The summed E-state index contributed by atoms with van der Waals surface area (Å²) in [7, 11) is 0. The molecule has 5 nitrogen and oxygen atoms in total. The highest BCUT2D eigenvalue weighted by Crippen LogP contribution is 2.08. The fourth-order valence-electron chi connectivity index (χ4n) is 1.42. The molecular formula is C12H19N3O2. The Morgan fingerprint density at radius 3 is 2.88 bits per heavy atom. The van der Waals surface area contributed by atoms with E-state index in [2.05, 4.69) is 22.2 Å². The zero-order valence-corrected chi connectivity index (χ0v) is 10.6. The number of aromatic nitrogens is 2. The van der Waals surface area contributed by atoms with Gasteiger partial charge in [-0.05, 0) is 20.3 Å². The third-order valence-corrected chi connectivity index (χ3v) is 2.23. The number of carbonyl (C=O) groups is 1. The van der Waals surface area contributed by atoms with Gasteiger partial charge in [0.1, 0.15) is 18.2 Å². The summed E-state index contributed by atoms with van der Waals surface area (Å²) >= 11 is 0. The van der Waals surface area contributed by atoms with E-state index in [4.69, 9.17) is 4.74 Å². The Hall–Kier alpha value is -1.65. The molecule has 0 radical (unpaired) electrons. The van der Waals surface area contributed by atoms with E-state index in [1.54, 1.807) is 13.8 Å². The molecular weight excluding hydrogens is 218 g/mol. The maximum Gasteiger partial charge on any atom is 0.328 e.